The van der Waals surface area contributed by atoms with Gasteiger partial charge in [0.1, 0.15) is 5.84 Å². The van der Waals surface area contributed by atoms with E-state index in [1.54, 1.807) is 4.90 Å². The number of nitrogens with zero attached hydrogens (tertiary/aromatic N) is 2. The molecule has 0 unspecified atom stereocenters. The summed E-state index contributed by atoms with van der Waals surface area (Å²) in [5.74, 6) is 0.00901. The lowest BCUT2D eigenvalue weighted by Crippen LogP contribution is -2.33. The Morgan fingerprint density at radius 1 is 1.38 bits per heavy atom. The molecule has 1 aromatic heterocycles. The van der Waals surface area contributed by atoms with E-state index in [-0.39, 0.29) is 11.7 Å². The Hall–Kier alpha value is -1.61. The molecule has 1 amide bonds. The molecule has 0 aliphatic heterocycles. The molecule has 110 valence electrons. The van der Waals surface area contributed by atoms with Crippen LogP contribution in [0.25, 0.3) is 0 Å². The van der Waals surface area contributed by atoms with Crippen molar-refractivity contribution in [2.45, 2.75) is 6.42 Å². The van der Waals surface area contributed by atoms with E-state index >= 15 is 0 Å². The minimum atomic E-state index is -0.0916. The molecule has 2 aromatic rings. The summed E-state index contributed by atoms with van der Waals surface area (Å²) in [6, 6.07) is 11.2. The van der Waals surface area contributed by atoms with Crippen LogP contribution in [0.15, 0.2) is 46.9 Å². The fourth-order valence-corrected chi connectivity index (χ4v) is 3.13. The fraction of sp³-hybridized carbons (Fsp3) is 0.143. The molecule has 0 saturated heterocycles. The highest BCUT2D eigenvalue weighted by atomic mass is 127. The lowest BCUT2D eigenvalue weighted by Gasteiger charge is -2.22. The van der Waals surface area contributed by atoms with Gasteiger partial charge in [-0.2, -0.15) is 0 Å². The largest absolute Gasteiger partial charge is 0.409 e. The van der Waals surface area contributed by atoms with Crippen molar-refractivity contribution in [2.24, 2.45) is 10.9 Å². The minimum Gasteiger partial charge on any atom is -0.409 e. The van der Waals surface area contributed by atoms with Gasteiger partial charge in [-0.3, -0.25) is 4.79 Å². The molecule has 5 nitrogen and oxygen atoms in total. The zero-order valence-corrected chi connectivity index (χ0v) is 14.0. The van der Waals surface area contributed by atoms with Crippen molar-refractivity contribution in [3.05, 3.63) is 50.2 Å². The molecule has 2 rings (SSSR count). The Kier molecular flexibility index (Phi) is 5.57. The van der Waals surface area contributed by atoms with Gasteiger partial charge in [0.05, 0.1) is 8.45 Å². The lowest BCUT2D eigenvalue weighted by atomic mass is 10.2. The number of nitrogens with two attached hydrogens (primary N) is 1. The Morgan fingerprint density at radius 2 is 2.10 bits per heavy atom. The van der Waals surface area contributed by atoms with Crippen molar-refractivity contribution >= 4 is 51.4 Å². The third kappa shape index (κ3) is 4.18. The number of para-hydroxylation sites is 1. The zero-order valence-electron chi connectivity index (χ0n) is 11.1. The number of hydrogen-bond acceptors (Lipinski definition) is 4. The van der Waals surface area contributed by atoms with E-state index < -0.39 is 0 Å². The second kappa shape index (κ2) is 7.41. The molecule has 0 atom stereocenters. The second-order valence-electron chi connectivity index (χ2n) is 4.27. The van der Waals surface area contributed by atoms with Gasteiger partial charge in [0.25, 0.3) is 5.91 Å². The van der Waals surface area contributed by atoms with Crippen LogP contribution in [0.1, 0.15) is 16.8 Å². The molecular formula is C14H14IN3O2S. The molecule has 7 heteroatoms. The molecule has 0 radical (unpaired) electrons. The molecule has 0 spiro atoms. The maximum absolute atomic E-state index is 12.6. The van der Waals surface area contributed by atoms with Gasteiger partial charge in [0.15, 0.2) is 0 Å². The number of halogens is 1. The van der Waals surface area contributed by atoms with Gasteiger partial charge in [0, 0.05) is 24.0 Å². The van der Waals surface area contributed by atoms with Gasteiger partial charge in [0.2, 0.25) is 0 Å². The SMILES string of the molecule is NC(CCN(C(=O)c1csc(I)c1)c1ccccc1)=NO. The van der Waals surface area contributed by atoms with Gasteiger partial charge in [-0.15, -0.1) is 11.3 Å². The summed E-state index contributed by atoms with van der Waals surface area (Å²) < 4.78 is 1.06. The quantitative estimate of drug-likeness (QED) is 0.259. The Balaban J connectivity index is 2.25. The number of oxime groups is 1. The molecule has 3 N–H and O–H groups in total. The van der Waals surface area contributed by atoms with Crippen LogP contribution in [0.5, 0.6) is 0 Å². The van der Waals surface area contributed by atoms with Crippen molar-refractivity contribution < 1.29 is 10.0 Å². The van der Waals surface area contributed by atoms with E-state index in [1.807, 2.05) is 41.8 Å². The van der Waals surface area contributed by atoms with Gasteiger partial charge >= 0.3 is 0 Å². The zero-order chi connectivity index (χ0) is 15.2. The molecule has 0 aliphatic rings. The predicted molar refractivity (Wildman–Crippen MR) is 93.2 cm³/mol. The highest BCUT2D eigenvalue weighted by Gasteiger charge is 2.19. The monoisotopic (exact) mass is 415 g/mol. The van der Waals surface area contributed by atoms with Crippen molar-refractivity contribution in [3.8, 4) is 0 Å². The summed E-state index contributed by atoms with van der Waals surface area (Å²) in [4.78, 5) is 14.3. The summed E-state index contributed by atoms with van der Waals surface area (Å²) in [5, 5.41) is 13.4. The van der Waals surface area contributed by atoms with E-state index in [0.717, 1.165) is 8.57 Å². The fourth-order valence-electron chi connectivity index (χ4n) is 1.81. The number of hydrogen-bond donors (Lipinski definition) is 2. The Labute approximate surface area is 140 Å². The highest BCUT2D eigenvalue weighted by Crippen LogP contribution is 2.22. The molecule has 0 saturated carbocycles. The molecule has 1 aromatic carbocycles. The molecule has 0 aliphatic carbocycles. The summed E-state index contributed by atoms with van der Waals surface area (Å²) in [5.41, 5.74) is 6.94. The van der Waals surface area contributed by atoms with E-state index in [1.165, 1.54) is 11.3 Å². The number of benzene rings is 1. The van der Waals surface area contributed by atoms with Crippen molar-refractivity contribution in [2.75, 3.05) is 11.4 Å². The number of carbonyl (C=O) groups excluding carboxylic acids is 1. The van der Waals surface area contributed by atoms with E-state index in [9.17, 15) is 4.79 Å². The maximum Gasteiger partial charge on any atom is 0.259 e. The summed E-state index contributed by atoms with van der Waals surface area (Å²) >= 11 is 3.71. The van der Waals surface area contributed by atoms with Crippen molar-refractivity contribution in [3.63, 3.8) is 0 Å². The number of amides is 1. The predicted octanol–water partition coefficient (Wildman–Crippen LogP) is 3.14. The summed E-state index contributed by atoms with van der Waals surface area (Å²) in [7, 11) is 0. The first-order valence-corrected chi connectivity index (χ1v) is 8.15. The second-order valence-corrected chi connectivity index (χ2v) is 7.08. The van der Waals surface area contributed by atoms with Gasteiger partial charge in [-0.25, -0.2) is 0 Å². The smallest absolute Gasteiger partial charge is 0.259 e. The molecular weight excluding hydrogens is 401 g/mol. The molecule has 1 heterocycles. The van der Waals surface area contributed by atoms with Crippen LogP contribution in [0.2, 0.25) is 0 Å². The number of anilines is 1. The average Bonchev–Trinajstić information content (AvgIpc) is 2.94. The number of amidine groups is 1. The maximum atomic E-state index is 12.6. The number of rotatable bonds is 5. The highest BCUT2D eigenvalue weighted by molar-refractivity contribution is 14.1. The van der Waals surface area contributed by atoms with Gasteiger partial charge < -0.3 is 15.8 Å². The van der Waals surface area contributed by atoms with Crippen LogP contribution in [0.3, 0.4) is 0 Å². The topological polar surface area (TPSA) is 78.9 Å². The van der Waals surface area contributed by atoms with E-state index in [2.05, 4.69) is 27.7 Å². The van der Waals surface area contributed by atoms with Crippen LogP contribution in [0.4, 0.5) is 5.69 Å². The number of carbonyl (C=O) groups is 1. The Morgan fingerprint density at radius 3 is 2.67 bits per heavy atom. The van der Waals surface area contributed by atoms with Crippen molar-refractivity contribution in [1.29, 1.82) is 0 Å². The molecule has 0 fully saturated rings. The first-order valence-electron chi connectivity index (χ1n) is 6.19. The summed E-state index contributed by atoms with van der Waals surface area (Å²) in [6.07, 6.45) is 0.304. The van der Waals surface area contributed by atoms with E-state index in [0.29, 0.717) is 18.5 Å². The van der Waals surface area contributed by atoms with E-state index in [4.69, 9.17) is 10.9 Å². The van der Waals surface area contributed by atoms with Gasteiger partial charge in [-0.1, -0.05) is 23.4 Å². The Bertz CT molecular complexity index is 643. The first kappa shape index (κ1) is 15.8. The first-order chi connectivity index (χ1) is 10.1. The van der Waals surface area contributed by atoms with Crippen LogP contribution in [-0.4, -0.2) is 23.5 Å². The van der Waals surface area contributed by atoms with Crippen LogP contribution >= 0.6 is 33.9 Å². The molecule has 0 bridgehead atoms. The van der Waals surface area contributed by atoms with Gasteiger partial charge in [-0.05, 0) is 40.8 Å². The minimum absolute atomic E-state index is 0.0916. The molecule has 21 heavy (non-hydrogen) atoms. The van der Waals surface area contributed by atoms with Crippen LogP contribution in [-0.2, 0) is 0 Å². The lowest BCUT2D eigenvalue weighted by molar-refractivity contribution is 0.0988. The van der Waals surface area contributed by atoms with Crippen LogP contribution in [0, 0.1) is 2.88 Å². The normalized spacial score (nSPS) is 11.4. The van der Waals surface area contributed by atoms with Crippen LogP contribution < -0.4 is 10.6 Å². The third-order valence-electron chi connectivity index (χ3n) is 2.85. The summed E-state index contributed by atoms with van der Waals surface area (Å²) in [6.45, 7) is 0.352. The average molecular weight is 415 g/mol. The standard InChI is InChI=1S/C14H14IN3O2S/c15-12-8-10(9-21-12)14(19)18(7-6-13(16)17-20)11-4-2-1-3-5-11/h1-5,8-9,20H,6-7H2,(H2,16,17). The third-order valence-corrected chi connectivity index (χ3v) is 4.64. The number of thiophene rings is 1. The van der Waals surface area contributed by atoms with Crippen molar-refractivity contribution in [1.82, 2.24) is 0 Å².